The summed E-state index contributed by atoms with van der Waals surface area (Å²) < 4.78 is 114. The van der Waals surface area contributed by atoms with Crippen LogP contribution in [0.2, 0.25) is 0 Å². The molecule has 4 aromatic rings. The first-order valence-corrected chi connectivity index (χ1v) is 16.6. The van der Waals surface area contributed by atoms with Crippen molar-refractivity contribution in [3.63, 3.8) is 0 Å². The van der Waals surface area contributed by atoms with Crippen molar-refractivity contribution in [2.45, 2.75) is 15.4 Å². The molecule has 0 saturated carbocycles. The molecule has 46 heavy (non-hydrogen) atoms. The number of esters is 2. The number of halogens is 4. The number of rotatable bonds is 12. The molecule has 0 aliphatic rings. The first-order valence-electron chi connectivity index (χ1n) is 12.8. The van der Waals surface area contributed by atoms with Gasteiger partial charge in [0.1, 0.15) is 0 Å². The van der Waals surface area contributed by atoms with Crippen LogP contribution in [0.3, 0.4) is 0 Å². The van der Waals surface area contributed by atoms with Crippen LogP contribution in [-0.4, -0.2) is 72.5 Å². The number of carbonyl (C=O) groups excluding carboxylic acids is 2. The molecule has 4 rings (SSSR count). The highest BCUT2D eigenvalue weighted by Gasteiger charge is 2.48. The fourth-order valence-electron chi connectivity index (χ4n) is 3.71. The summed E-state index contributed by atoms with van der Waals surface area (Å²) >= 11 is 1.09. The van der Waals surface area contributed by atoms with E-state index >= 15 is 0 Å². The third-order valence-electron chi connectivity index (χ3n) is 6.02. The van der Waals surface area contributed by atoms with Gasteiger partial charge in [0, 0.05) is 4.90 Å². The van der Waals surface area contributed by atoms with Gasteiger partial charge < -0.3 is 9.47 Å². The third-order valence-corrected chi connectivity index (χ3v) is 9.58. The van der Waals surface area contributed by atoms with Crippen LogP contribution in [0.25, 0.3) is 21.5 Å². The van der Waals surface area contributed by atoms with Crippen LogP contribution in [-0.2, 0) is 42.9 Å². The Balaban J connectivity index is 0.000000260. The molecule has 0 aliphatic carbocycles. The lowest BCUT2D eigenvalue weighted by molar-refractivity contribution is -0.146. The molecule has 248 valence electrons. The van der Waals surface area contributed by atoms with Gasteiger partial charge in [-0.15, -0.1) is 11.8 Å². The van der Waals surface area contributed by atoms with Crippen molar-refractivity contribution in [1.82, 2.24) is 0 Å². The third kappa shape index (κ3) is 8.94. The van der Waals surface area contributed by atoms with Gasteiger partial charge in [-0.05, 0) is 39.7 Å². The van der Waals surface area contributed by atoms with Crippen molar-refractivity contribution >= 4 is 65.5 Å². The highest BCUT2D eigenvalue weighted by Crippen LogP contribution is 2.30. The highest BCUT2D eigenvalue weighted by atomic mass is 32.2. The summed E-state index contributed by atoms with van der Waals surface area (Å²) in [6.07, 6.45) is 0. The molecule has 17 heteroatoms. The van der Waals surface area contributed by atoms with Crippen molar-refractivity contribution in [2.24, 2.45) is 0 Å². The SMILES string of the molecule is COS(=O)(=O)C(F)(F)COC(=O)CSc1ccccc1.COS(=O)(=O)C(F)(F)COC(=O)c1c2ccccc2cc2ccccc12. The second kappa shape index (κ2) is 15.2. The minimum Gasteiger partial charge on any atom is -0.457 e. The lowest BCUT2D eigenvalue weighted by Crippen LogP contribution is -2.36. The molecule has 0 aliphatic heterocycles. The molecule has 10 nitrogen and oxygen atoms in total. The number of fused-ring (bicyclic) bond motifs is 2. The summed E-state index contributed by atoms with van der Waals surface area (Å²) in [4.78, 5) is 24.6. The van der Waals surface area contributed by atoms with E-state index in [1.807, 2.05) is 6.07 Å². The molecule has 0 radical (unpaired) electrons. The summed E-state index contributed by atoms with van der Waals surface area (Å²) in [5, 5.41) is -6.11. The number of hydrogen-bond acceptors (Lipinski definition) is 11. The van der Waals surface area contributed by atoms with Gasteiger partial charge in [0.25, 0.3) is 0 Å². The number of ether oxygens (including phenoxy) is 2. The molecule has 0 atom stereocenters. The van der Waals surface area contributed by atoms with Crippen LogP contribution < -0.4 is 0 Å². The molecule has 0 bridgehead atoms. The Morgan fingerprint density at radius 3 is 1.59 bits per heavy atom. The van der Waals surface area contributed by atoms with E-state index in [9.17, 15) is 44.0 Å². The number of hydrogen-bond donors (Lipinski definition) is 0. The van der Waals surface area contributed by atoms with Crippen LogP contribution in [0, 0.1) is 0 Å². The number of benzene rings is 4. The van der Waals surface area contributed by atoms with E-state index in [-0.39, 0.29) is 11.3 Å². The summed E-state index contributed by atoms with van der Waals surface area (Å²) in [7, 11) is -9.03. The summed E-state index contributed by atoms with van der Waals surface area (Å²) in [5.74, 6) is -2.18. The van der Waals surface area contributed by atoms with E-state index in [0.717, 1.165) is 27.4 Å². The number of alkyl halides is 4. The Kier molecular flexibility index (Phi) is 12.1. The lowest BCUT2D eigenvalue weighted by Gasteiger charge is -2.16. The Hall–Kier alpha value is -3.77. The Morgan fingerprint density at radius 2 is 1.11 bits per heavy atom. The fourth-order valence-corrected chi connectivity index (χ4v) is 5.32. The van der Waals surface area contributed by atoms with Gasteiger partial charge in [0.05, 0.1) is 25.5 Å². The Labute approximate surface area is 265 Å². The maximum atomic E-state index is 13.7. The predicted molar refractivity (Wildman–Crippen MR) is 162 cm³/mol. The normalized spacial score (nSPS) is 12.3. The molecular formula is C29H26F4O10S3. The van der Waals surface area contributed by atoms with Gasteiger partial charge in [0.2, 0.25) is 0 Å². The minimum atomic E-state index is -5.17. The second-order valence-corrected chi connectivity index (χ2v) is 13.8. The first-order chi connectivity index (χ1) is 21.5. The molecule has 0 heterocycles. The molecular weight excluding hydrogens is 681 g/mol. The lowest BCUT2D eigenvalue weighted by atomic mass is 9.97. The maximum absolute atomic E-state index is 13.7. The van der Waals surface area contributed by atoms with Crippen LogP contribution in [0.5, 0.6) is 0 Å². The monoisotopic (exact) mass is 706 g/mol. The van der Waals surface area contributed by atoms with E-state index in [1.54, 1.807) is 78.9 Å². The summed E-state index contributed by atoms with van der Waals surface area (Å²) in [6.45, 7) is -3.21. The van der Waals surface area contributed by atoms with Gasteiger partial charge in [-0.25, -0.2) is 4.79 Å². The van der Waals surface area contributed by atoms with Crippen LogP contribution in [0.4, 0.5) is 17.6 Å². The fraction of sp³-hybridized carbons (Fsp3) is 0.241. The zero-order valence-electron chi connectivity index (χ0n) is 24.0. The van der Waals surface area contributed by atoms with Crippen molar-refractivity contribution < 1.29 is 61.8 Å². The zero-order chi connectivity index (χ0) is 34.2. The van der Waals surface area contributed by atoms with E-state index in [1.165, 1.54) is 0 Å². The predicted octanol–water partition coefficient (Wildman–Crippen LogP) is 5.61. The van der Waals surface area contributed by atoms with E-state index in [0.29, 0.717) is 25.0 Å². The largest absolute Gasteiger partial charge is 0.457 e. The molecule has 4 aromatic carbocycles. The quantitative estimate of drug-likeness (QED) is 0.0597. The van der Waals surface area contributed by atoms with Gasteiger partial charge in [-0.1, -0.05) is 66.7 Å². The maximum Gasteiger partial charge on any atom is 0.403 e. The van der Waals surface area contributed by atoms with Gasteiger partial charge in [-0.2, -0.15) is 34.4 Å². The van der Waals surface area contributed by atoms with Gasteiger partial charge >= 0.3 is 42.7 Å². The summed E-state index contributed by atoms with van der Waals surface area (Å²) in [5.41, 5.74) is 0.101. The molecule has 0 fully saturated rings. The minimum absolute atomic E-state index is 0.101. The zero-order valence-corrected chi connectivity index (χ0v) is 26.5. The van der Waals surface area contributed by atoms with E-state index < -0.39 is 55.9 Å². The Morgan fingerprint density at radius 1 is 0.674 bits per heavy atom. The smallest absolute Gasteiger partial charge is 0.403 e. The van der Waals surface area contributed by atoms with Gasteiger partial charge in [-0.3, -0.25) is 13.2 Å². The topological polar surface area (TPSA) is 139 Å². The molecule has 0 unspecified atom stereocenters. The van der Waals surface area contributed by atoms with Crippen molar-refractivity contribution in [1.29, 1.82) is 0 Å². The number of thioether (sulfide) groups is 1. The standard InChI is InChI=1S/C18H14F2O5S.C11H12F2O5S2/c1-24-26(22,23)18(19,20)11-25-17(21)16-14-8-4-2-6-12(14)10-13-7-3-5-9-15(13)16;1-17-20(15,16)11(12,13)8-18-10(14)7-19-9-5-3-2-4-6-9/h2-10H,11H2,1H3;2-6H,7-8H2,1H3. The average Bonchev–Trinajstić information content (AvgIpc) is 3.04. The number of carbonyl (C=O) groups is 2. The van der Waals surface area contributed by atoms with Crippen molar-refractivity contribution in [3.8, 4) is 0 Å². The van der Waals surface area contributed by atoms with Crippen molar-refractivity contribution in [3.05, 3.63) is 90.5 Å². The first kappa shape index (κ1) is 36.7. The van der Waals surface area contributed by atoms with Gasteiger partial charge in [0.15, 0.2) is 13.2 Å². The highest BCUT2D eigenvalue weighted by molar-refractivity contribution is 8.00. The van der Waals surface area contributed by atoms with Crippen molar-refractivity contribution in [2.75, 3.05) is 33.2 Å². The van der Waals surface area contributed by atoms with Crippen LogP contribution in [0.1, 0.15) is 10.4 Å². The van der Waals surface area contributed by atoms with E-state index in [2.05, 4.69) is 17.8 Å². The second-order valence-electron chi connectivity index (χ2n) is 9.05. The van der Waals surface area contributed by atoms with E-state index in [4.69, 9.17) is 0 Å². The molecule has 0 aromatic heterocycles. The molecule has 0 N–H and O–H groups in total. The Bertz CT molecular complexity index is 1850. The summed E-state index contributed by atoms with van der Waals surface area (Å²) in [6, 6.07) is 24.5. The molecule has 0 saturated heterocycles. The van der Waals surface area contributed by atoms with Crippen LogP contribution in [0.15, 0.2) is 89.8 Å². The van der Waals surface area contributed by atoms with Crippen LogP contribution >= 0.6 is 11.8 Å². The molecule has 0 amide bonds. The average molecular weight is 707 g/mol. The molecule has 0 spiro atoms.